The van der Waals surface area contributed by atoms with Crippen LogP contribution >= 0.6 is 11.8 Å². The van der Waals surface area contributed by atoms with Gasteiger partial charge in [-0.25, -0.2) is 4.79 Å². The van der Waals surface area contributed by atoms with Gasteiger partial charge in [0.25, 0.3) is 0 Å². The van der Waals surface area contributed by atoms with Gasteiger partial charge in [0, 0.05) is 25.9 Å². The molecule has 18 N–H and O–H groups in total. The predicted molar refractivity (Wildman–Crippen MR) is 327 cm³/mol. The van der Waals surface area contributed by atoms with Gasteiger partial charge in [-0.15, -0.1) is 0 Å². The molecular weight excluding hydrogens is 1200 g/mol. The second kappa shape index (κ2) is 39.6. The molecule has 1 aromatic carbocycles. The van der Waals surface area contributed by atoms with Gasteiger partial charge in [0.2, 0.25) is 65.0 Å². The van der Waals surface area contributed by atoms with Gasteiger partial charge in [-0.2, -0.15) is 11.8 Å². The number of likely N-dealkylation sites (tertiary alicyclic amines) is 2. The summed E-state index contributed by atoms with van der Waals surface area (Å²) in [5.74, 6) is -12.9. The van der Waals surface area contributed by atoms with E-state index in [1.807, 2.05) is 0 Å². The molecular formula is C58H93N13O18S. The molecule has 31 nitrogen and oxygen atoms in total. The zero-order chi connectivity index (χ0) is 67.2. The van der Waals surface area contributed by atoms with Crippen LogP contribution in [0.3, 0.4) is 0 Å². The van der Waals surface area contributed by atoms with Crippen LogP contribution in [0.4, 0.5) is 0 Å². The maximum Gasteiger partial charge on any atom is 0.326 e. The fraction of sp³-hybridized carbons (Fsp3) is 0.672. The lowest BCUT2D eigenvalue weighted by molar-refractivity contribution is -0.147. The molecule has 3 rings (SSSR count). The Hall–Kier alpha value is -7.52. The van der Waals surface area contributed by atoms with Crippen molar-refractivity contribution >= 4 is 88.7 Å². The number of rotatable bonds is 40. The number of aliphatic hydroxyl groups is 3. The number of unbranched alkanes of at least 4 members (excludes halogenated alkanes) is 1. The molecule has 2 aliphatic rings. The maximum atomic E-state index is 14.3. The van der Waals surface area contributed by atoms with Gasteiger partial charge in [-0.1, -0.05) is 70.9 Å². The molecule has 0 aliphatic carbocycles. The SMILES string of the molecule is CC[C@H](C)[C@H](NC(=O)[C@H](Cc1ccccc1)NC(=O)[C@H](CCC(=O)O)NC(=O)[C@H](CO)NC(=O)[C@H](CO)NC(=O)[C@H](CO)NC(=O)[C@@H]1CCCN1C(=O)[C@@H]1CCCN1C(=O)[C@@H](N)CCCCN)C(=O)NCC(=O)N[C@@H](CC(C)C)C(=O)N[C@@H](CCSC)C(=O)O. The first-order chi connectivity index (χ1) is 42.7. The second-order valence-electron chi connectivity index (χ2n) is 22.8. The molecule has 32 heteroatoms. The topological polar surface area (TPSA) is 490 Å². The molecule has 90 heavy (non-hydrogen) atoms. The van der Waals surface area contributed by atoms with Crippen LogP contribution in [0, 0.1) is 11.8 Å². The summed E-state index contributed by atoms with van der Waals surface area (Å²) in [6.07, 6.45) is 3.83. The van der Waals surface area contributed by atoms with E-state index in [0.29, 0.717) is 62.8 Å². The number of amides is 11. The number of nitrogens with one attached hydrogen (secondary N) is 9. The van der Waals surface area contributed by atoms with Gasteiger partial charge < -0.3 is 94.7 Å². The van der Waals surface area contributed by atoms with Crippen molar-refractivity contribution in [1.82, 2.24) is 57.7 Å². The van der Waals surface area contributed by atoms with Gasteiger partial charge >= 0.3 is 11.9 Å². The van der Waals surface area contributed by atoms with Gasteiger partial charge in [0.15, 0.2) is 0 Å². The molecule has 1 aromatic rings. The number of hydrogen-bond acceptors (Lipinski definition) is 19. The molecule has 2 saturated heterocycles. The Balaban J connectivity index is 1.74. The van der Waals surface area contributed by atoms with Crippen LogP contribution in [0.15, 0.2) is 30.3 Å². The number of nitrogens with zero attached hydrogens (tertiary/aromatic N) is 2. The summed E-state index contributed by atoms with van der Waals surface area (Å²) in [4.78, 5) is 177. The number of carboxylic acid groups (broad SMARTS) is 2. The summed E-state index contributed by atoms with van der Waals surface area (Å²) >= 11 is 1.39. The Kier molecular flexibility index (Phi) is 33.7. The van der Waals surface area contributed by atoms with Gasteiger partial charge in [-0.05, 0) is 93.7 Å². The van der Waals surface area contributed by atoms with Crippen molar-refractivity contribution in [2.24, 2.45) is 23.3 Å². The first kappa shape index (κ1) is 76.7. The van der Waals surface area contributed by atoms with E-state index in [4.69, 9.17) is 11.5 Å². The van der Waals surface area contributed by atoms with Crippen LogP contribution in [0.2, 0.25) is 0 Å². The number of carboxylic acids is 2. The van der Waals surface area contributed by atoms with Crippen molar-refractivity contribution in [3.63, 3.8) is 0 Å². The highest BCUT2D eigenvalue weighted by Gasteiger charge is 2.44. The lowest BCUT2D eigenvalue weighted by atomic mass is 9.97. The van der Waals surface area contributed by atoms with Gasteiger partial charge in [0.1, 0.15) is 60.4 Å². The lowest BCUT2D eigenvalue weighted by Gasteiger charge is -2.32. The first-order valence-corrected chi connectivity index (χ1v) is 31.7. The van der Waals surface area contributed by atoms with Crippen LogP contribution in [0.5, 0.6) is 0 Å². The smallest absolute Gasteiger partial charge is 0.326 e. The summed E-state index contributed by atoms with van der Waals surface area (Å²) in [5.41, 5.74) is 12.2. The Morgan fingerprint density at radius 2 is 1.13 bits per heavy atom. The summed E-state index contributed by atoms with van der Waals surface area (Å²) in [7, 11) is 0. The summed E-state index contributed by atoms with van der Waals surface area (Å²) < 4.78 is 0. The van der Waals surface area contributed by atoms with E-state index in [9.17, 15) is 87.9 Å². The highest BCUT2D eigenvalue weighted by Crippen LogP contribution is 2.26. The largest absolute Gasteiger partial charge is 0.481 e. The standard InChI is InChI=1S/C58H93N13O18S/c1-6-33(4)47(55(85)61-28-45(75)62-38(26-32(2)3)49(79)64-37(58(88)89)21-25-90-5)69-50(80)39(27-34-14-8-7-9-15-34)65-48(78)36(19-20-46(76)77)63-51(81)40(29-72)66-52(82)41(30-73)67-53(83)42(31-74)68-54(84)43-17-12-23-70(43)57(87)44-18-13-24-71(44)56(86)35(60)16-10-11-22-59/h7-9,14-15,32-33,35-44,47,72-74H,6,10-13,16-31,59-60H2,1-5H3,(H,61,85)(H,62,75)(H,63,81)(H,64,79)(H,65,78)(H,66,82)(H,67,83)(H,68,84)(H,69,80)(H,76,77)(H,88,89)/t33-,35-,36-,37-,38-,39-,40-,41-,42-,43-,44-,47-/m0/s1. The maximum absolute atomic E-state index is 14.3. The van der Waals surface area contributed by atoms with Crippen molar-refractivity contribution in [2.45, 2.75) is 178 Å². The molecule has 2 aliphatic heterocycles. The number of carbonyl (C=O) groups is 13. The van der Waals surface area contributed by atoms with E-state index in [2.05, 4.69) is 47.9 Å². The number of aliphatic carboxylic acids is 2. The van der Waals surface area contributed by atoms with Crippen molar-refractivity contribution in [3.05, 3.63) is 35.9 Å². The molecule has 0 saturated carbocycles. The third-order valence-corrected chi connectivity index (χ3v) is 16.0. The van der Waals surface area contributed by atoms with E-state index in [1.165, 1.54) is 21.6 Å². The summed E-state index contributed by atoms with van der Waals surface area (Å²) in [5, 5.41) is 71.5. The number of aliphatic hydroxyl groups excluding tert-OH is 3. The molecule has 2 heterocycles. The molecule has 0 unspecified atom stereocenters. The second-order valence-corrected chi connectivity index (χ2v) is 23.8. The van der Waals surface area contributed by atoms with Crippen LogP contribution in [-0.4, -0.2) is 237 Å². The Bertz CT molecular complexity index is 2610. The number of benzene rings is 1. The van der Waals surface area contributed by atoms with E-state index in [0.717, 1.165) is 0 Å². The normalized spacial score (nSPS) is 17.9. The molecule has 12 atom stereocenters. The van der Waals surface area contributed by atoms with Crippen LogP contribution in [0.25, 0.3) is 0 Å². The van der Waals surface area contributed by atoms with Crippen molar-refractivity contribution < 1.29 is 87.9 Å². The number of carbonyl (C=O) groups excluding carboxylic acids is 11. The number of thioether (sulfide) groups is 1. The third kappa shape index (κ3) is 24.7. The number of nitrogens with two attached hydrogens (primary N) is 2. The van der Waals surface area contributed by atoms with Gasteiger partial charge in [0.05, 0.1) is 32.4 Å². The molecule has 11 amide bonds. The Morgan fingerprint density at radius 3 is 1.68 bits per heavy atom. The Morgan fingerprint density at radius 1 is 0.611 bits per heavy atom. The minimum atomic E-state index is -1.95. The number of hydrogen-bond donors (Lipinski definition) is 16. The molecule has 504 valence electrons. The van der Waals surface area contributed by atoms with E-state index in [1.54, 1.807) is 64.3 Å². The highest BCUT2D eigenvalue weighted by molar-refractivity contribution is 7.98. The summed E-state index contributed by atoms with van der Waals surface area (Å²) in [6, 6.07) is -7.29. The van der Waals surface area contributed by atoms with Crippen molar-refractivity contribution in [1.29, 1.82) is 0 Å². The van der Waals surface area contributed by atoms with Gasteiger partial charge in [-0.3, -0.25) is 57.5 Å². The highest BCUT2D eigenvalue weighted by atomic mass is 32.2. The van der Waals surface area contributed by atoms with Crippen LogP contribution < -0.4 is 59.3 Å². The minimum absolute atomic E-state index is 0.124. The van der Waals surface area contributed by atoms with Crippen molar-refractivity contribution in [2.75, 3.05) is 58.0 Å². The monoisotopic (exact) mass is 1290 g/mol. The first-order valence-electron chi connectivity index (χ1n) is 30.3. The Labute approximate surface area is 527 Å². The molecule has 2 fully saturated rings. The average molecular weight is 1290 g/mol. The lowest BCUT2D eigenvalue weighted by Crippen LogP contribution is -2.62. The fourth-order valence-corrected chi connectivity index (χ4v) is 10.6. The predicted octanol–water partition coefficient (Wildman–Crippen LogP) is -4.57. The molecule has 0 spiro atoms. The zero-order valence-corrected chi connectivity index (χ0v) is 52.6. The summed E-state index contributed by atoms with van der Waals surface area (Å²) in [6.45, 7) is 3.78. The van der Waals surface area contributed by atoms with Crippen LogP contribution in [-0.2, 0) is 68.7 Å². The fourth-order valence-electron chi connectivity index (χ4n) is 10.1. The van der Waals surface area contributed by atoms with Crippen molar-refractivity contribution in [3.8, 4) is 0 Å². The van der Waals surface area contributed by atoms with E-state index >= 15 is 0 Å². The third-order valence-electron chi connectivity index (χ3n) is 15.4. The molecule has 0 aromatic heterocycles. The van der Waals surface area contributed by atoms with Crippen LogP contribution in [0.1, 0.15) is 110 Å². The minimum Gasteiger partial charge on any atom is -0.481 e. The van der Waals surface area contributed by atoms with E-state index < -0.39 is 189 Å². The molecule has 0 radical (unpaired) electrons. The zero-order valence-electron chi connectivity index (χ0n) is 51.7. The van der Waals surface area contributed by atoms with E-state index in [-0.39, 0.29) is 44.7 Å². The quantitative estimate of drug-likeness (QED) is 0.0275. The average Bonchev–Trinajstić information content (AvgIpc) is 1.73. The molecule has 0 bridgehead atoms.